The van der Waals surface area contributed by atoms with Crippen molar-refractivity contribution in [1.82, 2.24) is 0 Å². The van der Waals surface area contributed by atoms with Crippen molar-refractivity contribution >= 4 is 15.9 Å². The number of rotatable bonds is 1. The summed E-state index contributed by atoms with van der Waals surface area (Å²) in [6.45, 7) is 1.49. The Morgan fingerprint density at radius 2 is 2.06 bits per heavy atom. The second kappa shape index (κ2) is 3.54. The van der Waals surface area contributed by atoms with Crippen molar-refractivity contribution in [3.63, 3.8) is 0 Å². The molecule has 1 saturated carbocycles. The first-order valence-electron chi connectivity index (χ1n) is 5.54. The smallest absolute Gasteiger partial charge is 0.137 e. The molecule has 17 heavy (non-hydrogen) atoms. The van der Waals surface area contributed by atoms with Gasteiger partial charge in [-0.25, -0.2) is 4.39 Å². The van der Waals surface area contributed by atoms with Crippen molar-refractivity contribution in [2.75, 3.05) is 13.2 Å². The fourth-order valence-electron chi connectivity index (χ4n) is 2.96. The van der Waals surface area contributed by atoms with Crippen LogP contribution in [0.2, 0.25) is 0 Å². The largest absolute Gasteiger partial charge is 0.380 e. The molecule has 2 fully saturated rings. The van der Waals surface area contributed by atoms with Crippen LogP contribution in [-0.2, 0) is 10.2 Å². The number of nitriles is 1. The van der Waals surface area contributed by atoms with E-state index in [1.165, 1.54) is 6.07 Å². The van der Waals surface area contributed by atoms with Gasteiger partial charge in [-0.05, 0) is 46.5 Å². The lowest BCUT2D eigenvalue weighted by atomic mass is 9.50. The van der Waals surface area contributed by atoms with Crippen LogP contribution >= 0.6 is 15.9 Å². The number of nitrogens with zero attached hydrogens (tertiary/aromatic N) is 1. The minimum atomic E-state index is -0.509. The predicted octanol–water partition coefficient (Wildman–Crippen LogP) is 3.16. The van der Waals surface area contributed by atoms with Crippen LogP contribution in [0.1, 0.15) is 18.4 Å². The third-order valence-corrected chi connectivity index (χ3v) is 4.50. The molecular weight excluding hydrogens is 285 g/mol. The number of hydrogen-bond donors (Lipinski definition) is 0. The first-order chi connectivity index (χ1) is 8.09. The Morgan fingerprint density at radius 3 is 2.53 bits per heavy atom. The Morgan fingerprint density at radius 1 is 1.35 bits per heavy atom. The molecule has 1 aromatic carbocycles. The standard InChI is InChI=1S/C13H11BrFNO/c14-10-2-1-9(3-11(10)15)13(6-16)4-12(5-13)7-17-8-12/h1-3H,4-5,7-8H2. The van der Waals surface area contributed by atoms with Crippen LogP contribution in [0.5, 0.6) is 0 Å². The van der Waals surface area contributed by atoms with Crippen LogP contribution in [0.15, 0.2) is 22.7 Å². The van der Waals surface area contributed by atoms with Crippen LogP contribution < -0.4 is 0 Å². The van der Waals surface area contributed by atoms with Gasteiger partial charge in [-0.15, -0.1) is 0 Å². The molecule has 1 spiro atoms. The highest BCUT2D eigenvalue weighted by molar-refractivity contribution is 9.10. The average Bonchev–Trinajstić information content (AvgIpc) is 2.20. The third kappa shape index (κ3) is 1.53. The van der Waals surface area contributed by atoms with E-state index in [4.69, 9.17) is 4.74 Å². The molecule has 2 aliphatic rings. The molecule has 0 bridgehead atoms. The fourth-order valence-corrected chi connectivity index (χ4v) is 3.21. The van der Waals surface area contributed by atoms with E-state index in [1.54, 1.807) is 6.07 Å². The van der Waals surface area contributed by atoms with Gasteiger partial charge in [-0.2, -0.15) is 5.26 Å². The summed E-state index contributed by atoms with van der Waals surface area (Å²) in [7, 11) is 0. The number of ether oxygens (including phenoxy) is 1. The third-order valence-electron chi connectivity index (χ3n) is 3.86. The van der Waals surface area contributed by atoms with Crippen molar-refractivity contribution in [3.05, 3.63) is 34.1 Å². The lowest BCUT2D eigenvalue weighted by molar-refractivity contribution is -0.178. The SMILES string of the molecule is N#CC1(c2ccc(Br)c(F)c2)CC2(COC2)C1. The van der Waals surface area contributed by atoms with Gasteiger partial charge in [0.2, 0.25) is 0 Å². The van der Waals surface area contributed by atoms with Crippen LogP contribution in [-0.4, -0.2) is 13.2 Å². The van der Waals surface area contributed by atoms with Crippen molar-refractivity contribution < 1.29 is 9.13 Å². The molecule has 1 saturated heterocycles. The van der Waals surface area contributed by atoms with E-state index < -0.39 is 5.41 Å². The topological polar surface area (TPSA) is 33.0 Å². The summed E-state index contributed by atoms with van der Waals surface area (Å²) in [6, 6.07) is 7.34. The van der Waals surface area contributed by atoms with Crippen LogP contribution in [0.3, 0.4) is 0 Å². The Labute approximate surface area is 108 Å². The minimum absolute atomic E-state index is 0.194. The molecule has 1 aliphatic heterocycles. The molecule has 1 heterocycles. The monoisotopic (exact) mass is 295 g/mol. The molecule has 0 aromatic heterocycles. The van der Waals surface area contributed by atoms with Gasteiger partial charge in [-0.3, -0.25) is 0 Å². The Balaban J connectivity index is 1.92. The first kappa shape index (κ1) is 11.2. The van der Waals surface area contributed by atoms with Crippen LogP contribution in [0, 0.1) is 22.6 Å². The average molecular weight is 296 g/mol. The zero-order valence-electron chi connectivity index (χ0n) is 9.17. The highest BCUT2D eigenvalue weighted by atomic mass is 79.9. The second-order valence-corrected chi connectivity index (χ2v) is 6.02. The fraction of sp³-hybridized carbons (Fsp3) is 0.462. The molecule has 4 heteroatoms. The summed E-state index contributed by atoms with van der Waals surface area (Å²) in [5, 5.41) is 9.38. The Bertz CT molecular complexity index is 511. The first-order valence-corrected chi connectivity index (χ1v) is 6.33. The Kier molecular flexibility index (Phi) is 2.33. The second-order valence-electron chi connectivity index (χ2n) is 5.17. The number of benzene rings is 1. The predicted molar refractivity (Wildman–Crippen MR) is 63.9 cm³/mol. The van der Waals surface area contributed by atoms with Gasteiger partial charge in [0, 0.05) is 5.41 Å². The molecule has 88 valence electrons. The van der Waals surface area contributed by atoms with E-state index in [0.717, 1.165) is 31.6 Å². The van der Waals surface area contributed by atoms with Crippen molar-refractivity contribution in [1.29, 1.82) is 5.26 Å². The van der Waals surface area contributed by atoms with Gasteiger partial charge in [0.15, 0.2) is 0 Å². The molecule has 1 aliphatic carbocycles. The van der Waals surface area contributed by atoms with Crippen molar-refractivity contribution in [2.45, 2.75) is 18.3 Å². The quantitative estimate of drug-likeness (QED) is 0.797. The Hall–Kier alpha value is -0.920. The number of hydrogen-bond acceptors (Lipinski definition) is 2. The van der Waals surface area contributed by atoms with E-state index >= 15 is 0 Å². The molecule has 0 N–H and O–H groups in total. The van der Waals surface area contributed by atoms with Gasteiger partial charge in [0.1, 0.15) is 5.82 Å². The molecule has 1 aromatic rings. The van der Waals surface area contributed by atoms with E-state index in [1.807, 2.05) is 6.07 Å². The van der Waals surface area contributed by atoms with Crippen LogP contribution in [0.25, 0.3) is 0 Å². The van der Waals surface area contributed by atoms with Gasteiger partial charge >= 0.3 is 0 Å². The lowest BCUT2D eigenvalue weighted by Gasteiger charge is -2.57. The molecule has 0 radical (unpaired) electrons. The van der Waals surface area contributed by atoms with E-state index in [2.05, 4.69) is 22.0 Å². The molecule has 3 rings (SSSR count). The summed E-state index contributed by atoms with van der Waals surface area (Å²) < 4.78 is 19.2. The molecular formula is C13H11BrFNO. The van der Waals surface area contributed by atoms with Crippen molar-refractivity contribution in [2.24, 2.45) is 5.41 Å². The van der Waals surface area contributed by atoms with Gasteiger partial charge in [0.25, 0.3) is 0 Å². The lowest BCUT2D eigenvalue weighted by Crippen LogP contribution is -2.59. The summed E-state index contributed by atoms with van der Waals surface area (Å²) in [6.07, 6.45) is 1.58. The zero-order valence-corrected chi connectivity index (χ0v) is 10.8. The minimum Gasteiger partial charge on any atom is -0.380 e. The maximum absolute atomic E-state index is 13.5. The number of halogens is 2. The van der Waals surface area contributed by atoms with Crippen molar-refractivity contribution in [3.8, 4) is 6.07 Å². The highest BCUT2D eigenvalue weighted by Gasteiger charge is 2.59. The maximum Gasteiger partial charge on any atom is 0.137 e. The van der Waals surface area contributed by atoms with Gasteiger partial charge in [0.05, 0.1) is 29.2 Å². The van der Waals surface area contributed by atoms with E-state index in [-0.39, 0.29) is 11.2 Å². The summed E-state index contributed by atoms with van der Waals surface area (Å²) in [5.74, 6) is -0.303. The molecule has 2 nitrogen and oxygen atoms in total. The van der Waals surface area contributed by atoms with Gasteiger partial charge < -0.3 is 4.74 Å². The van der Waals surface area contributed by atoms with E-state index in [0.29, 0.717) is 4.47 Å². The molecule has 0 unspecified atom stereocenters. The maximum atomic E-state index is 13.5. The summed E-state index contributed by atoms with van der Waals surface area (Å²) >= 11 is 3.13. The van der Waals surface area contributed by atoms with Crippen LogP contribution in [0.4, 0.5) is 4.39 Å². The van der Waals surface area contributed by atoms with E-state index in [9.17, 15) is 9.65 Å². The molecule has 0 atom stereocenters. The normalized spacial score (nSPS) is 23.6. The highest BCUT2D eigenvalue weighted by Crippen LogP contribution is 2.58. The summed E-state index contributed by atoms with van der Waals surface area (Å²) in [5.41, 5.74) is 0.475. The van der Waals surface area contributed by atoms with Gasteiger partial charge in [-0.1, -0.05) is 6.07 Å². The summed E-state index contributed by atoms with van der Waals surface area (Å²) in [4.78, 5) is 0. The zero-order chi connectivity index (χ0) is 12.1. The molecule has 0 amide bonds.